The van der Waals surface area contributed by atoms with Crippen LogP contribution in [0.2, 0.25) is 0 Å². The van der Waals surface area contributed by atoms with Crippen molar-refractivity contribution >= 4 is 17.7 Å². The van der Waals surface area contributed by atoms with Gasteiger partial charge < -0.3 is 14.4 Å². The molecule has 0 bridgehead atoms. The van der Waals surface area contributed by atoms with Gasteiger partial charge in [0.2, 0.25) is 12.1 Å². The van der Waals surface area contributed by atoms with E-state index in [1.165, 1.54) is 11.8 Å². The minimum atomic E-state index is -0.856. The predicted octanol–water partition coefficient (Wildman–Crippen LogP) is 5.74. The summed E-state index contributed by atoms with van der Waals surface area (Å²) in [6.07, 6.45) is 3.01. The predicted molar refractivity (Wildman–Crippen MR) is 140 cm³/mol. The van der Waals surface area contributed by atoms with E-state index in [1.54, 1.807) is 25.2 Å². The fourth-order valence-electron chi connectivity index (χ4n) is 4.63. The Labute approximate surface area is 214 Å². The van der Waals surface area contributed by atoms with Gasteiger partial charge in [0.25, 0.3) is 0 Å². The van der Waals surface area contributed by atoms with E-state index in [4.69, 9.17) is 9.47 Å². The largest absolute Gasteiger partial charge is 0.497 e. The Kier molecular flexibility index (Phi) is 7.64. The number of carbonyl (C=O) groups is 1. The highest BCUT2D eigenvalue weighted by Gasteiger charge is 2.61. The Balaban J connectivity index is 1.81. The second-order valence-corrected chi connectivity index (χ2v) is 9.80. The number of benzene rings is 3. The van der Waals surface area contributed by atoms with Crippen LogP contribution in [0.1, 0.15) is 30.5 Å². The molecule has 1 fully saturated rings. The van der Waals surface area contributed by atoms with E-state index in [0.717, 1.165) is 22.2 Å². The van der Waals surface area contributed by atoms with E-state index in [9.17, 15) is 14.9 Å². The number of thioether (sulfide) groups is 1. The molecule has 186 valence electrons. The number of rotatable bonds is 10. The number of amides is 1. The summed E-state index contributed by atoms with van der Waals surface area (Å²) in [4.78, 5) is 27.6. The third kappa shape index (κ3) is 4.81. The highest BCUT2D eigenvalue weighted by molar-refractivity contribution is 8.01. The van der Waals surface area contributed by atoms with Crippen LogP contribution < -0.4 is 9.47 Å². The van der Waals surface area contributed by atoms with E-state index >= 15 is 0 Å². The zero-order valence-electron chi connectivity index (χ0n) is 20.4. The van der Waals surface area contributed by atoms with Crippen LogP contribution in [0.4, 0.5) is 0 Å². The van der Waals surface area contributed by atoms with Gasteiger partial charge in [0.15, 0.2) is 0 Å². The molecule has 0 radical (unpaired) electrons. The maximum absolute atomic E-state index is 14.1. The minimum absolute atomic E-state index is 0.0616. The molecule has 0 aliphatic carbocycles. The monoisotopic (exact) mass is 504 g/mol. The summed E-state index contributed by atoms with van der Waals surface area (Å²) >= 11 is 1.46. The van der Waals surface area contributed by atoms with E-state index in [0.29, 0.717) is 17.9 Å². The van der Waals surface area contributed by atoms with E-state index < -0.39 is 21.8 Å². The maximum atomic E-state index is 14.1. The molecule has 3 aromatic rings. The van der Waals surface area contributed by atoms with Gasteiger partial charge in [-0.25, -0.2) is 0 Å². The van der Waals surface area contributed by atoms with Crippen molar-refractivity contribution in [3.05, 3.63) is 112 Å². The molecule has 2 atom stereocenters. The molecule has 4 rings (SSSR count). The summed E-state index contributed by atoms with van der Waals surface area (Å²) < 4.78 is 9.79. The molecule has 1 aliphatic rings. The first-order valence-corrected chi connectivity index (χ1v) is 12.4. The van der Waals surface area contributed by atoms with Crippen LogP contribution in [0, 0.1) is 10.1 Å². The van der Waals surface area contributed by atoms with Crippen LogP contribution in [0.5, 0.6) is 11.5 Å². The average molecular weight is 505 g/mol. The maximum Gasteiger partial charge on any atom is 0.242 e. The molecule has 3 aromatic carbocycles. The Morgan fingerprint density at radius 2 is 1.50 bits per heavy atom. The number of nitro groups is 1. The molecule has 0 N–H and O–H groups in total. The van der Waals surface area contributed by atoms with Gasteiger partial charge in [0.05, 0.1) is 31.2 Å². The fourth-order valence-corrected chi connectivity index (χ4v) is 5.99. The molecular formula is C28H28N2O5S. The zero-order chi connectivity index (χ0) is 25.7. The van der Waals surface area contributed by atoms with Crippen molar-refractivity contribution in [1.82, 2.24) is 4.90 Å². The van der Waals surface area contributed by atoms with Crippen molar-refractivity contribution in [3.63, 3.8) is 0 Å². The summed E-state index contributed by atoms with van der Waals surface area (Å²) in [5.74, 6) is 1.34. The molecule has 0 spiro atoms. The number of methoxy groups -OCH3 is 2. The lowest BCUT2D eigenvalue weighted by atomic mass is 9.79. The molecule has 1 saturated heterocycles. The van der Waals surface area contributed by atoms with Crippen molar-refractivity contribution in [2.24, 2.45) is 0 Å². The topological polar surface area (TPSA) is 81.9 Å². The van der Waals surface area contributed by atoms with Gasteiger partial charge >= 0.3 is 0 Å². The Morgan fingerprint density at radius 3 is 1.94 bits per heavy atom. The Hall–Kier alpha value is -3.78. The van der Waals surface area contributed by atoms with Gasteiger partial charge in [-0.05, 0) is 53.9 Å². The average Bonchev–Trinajstić information content (AvgIpc) is 2.92. The second-order valence-electron chi connectivity index (χ2n) is 8.39. The van der Waals surface area contributed by atoms with Crippen molar-refractivity contribution < 1.29 is 19.2 Å². The number of nitrogens with zero attached hydrogens (tertiary/aromatic N) is 2. The number of likely N-dealkylation sites (tertiary alicyclic amines) is 1. The first kappa shape index (κ1) is 25.3. The van der Waals surface area contributed by atoms with Crippen LogP contribution >= 0.6 is 11.8 Å². The normalized spacial score (nSPS) is 19.4. The van der Waals surface area contributed by atoms with Crippen LogP contribution in [0.15, 0.2) is 96.0 Å². The standard InChI is InChI=1S/C28H28N2O5S/c1-4-28(36-24-8-6-5-7-9-24)25(18-19-29(32)33)30(27(28)31)26(20-10-14-22(34-2)15-11-20)21-12-16-23(35-3)17-13-21/h5-19,25-26H,4H2,1-3H3. The number of ether oxygens (including phenoxy) is 2. The fraction of sp³-hybridized carbons (Fsp3) is 0.250. The second kappa shape index (κ2) is 10.9. The van der Waals surface area contributed by atoms with Gasteiger partial charge in [0, 0.05) is 11.0 Å². The third-order valence-corrected chi connectivity index (χ3v) is 8.05. The summed E-state index contributed by atoms with van der Waals surface area (Å²) in [7, 11) is 3.20. The van der Waals surface area contributed by atoms with Crippen molar-refractivity contribution in [1.29, 1.82) is 0 Å². The highest BCUT2D eigenvalue weighted by Crippen LogP contribution is 2.53. The van der Waals surface area contributed by atoms with Crippen molar-refractivity contribution in [2.45, 2.75) is 35.1 Å². The molecule has 1 aliphatic heterocycles. The van der Waals surface area contributed by atoms with E-state index in [2.05, 4.69) is 0 Å². The number of β-lactam (4-membered cyclic amide) rings is 1. The lowest BCUT2D eigenvalue weighted by molar-refractivity contribution is -0.402. The van der Waals surface area contributed by atoms with Crippen LogP contribution in [-0.4, -0.2) is 40.7 Å². The summed E-state index contributed by atoms with van der Waals surface area (Å²) in [6.45, 7) is 1.95. The van der Waals surface area contributed by atoms with Gasteiger partial charge in [-0.2, -0.15) is 0 Å². The smallest absolute Gasteiger partial charge is 0.242 e. The van der Waals surface area contributed by atoms with Gasteiger partial charge in [-0.15, -0.1) is 11.8 Å². The summed E-state index contributed by atoms with van der Waals surface area (Å²) in [5, 5.41) is 11.3. The minimum Gasteiger partial charge on any atom is -0.497 e. The SMILES string of the molecule is CCC1(Sc2ccccc2)C(=O)N(C(c2ccc(OC)cc2)c2ccc(OC)cc2)C1C=C[N+](=O)[O-]. The van der Waals surface area contributed by atoms with Crippen molar-refractivity contribution in [2.75, 3.05) is 14.2 Å². The zero-order valence-corrected chi connectivity index (χ0v) is 21.2. The Bertz CT molecular complexity index is 1180. The molecule has 1 amide bonds. The molecular weight excluding hydrogens is 476 g/mol. The number of carbonyl (C=O) groups excluding carboxylic acids is 1. The number of hydrogen-bond acceptors (Lipinski definition) is 6. The lowest BCUT2D eigenvalue weighted by Crippen LogP contribution is -2.71. The first-order valence-electron chi connectivity index (χ1n) is 11.6. The first-order chi connectivity index (χ1) is 17.4. The van der Waals surface area contributed by atoms with Gasteiger partial charge in [-0.1, -0.05) is 49.4 Å². The van der Waals surface area contributed by atoms with Gasteiger partial charge in [-0.3, -0.25) is 14.9 Å². The molecule has 7 nitrogen and oxygen atoms in total. The number of hydrogen-bond donors (Lipinski definition) is 0. The molecule has 2 unspecified atom stereocenters. The lowest BCUT2D eigenvalue weighted by Gasteiger charge is -2.57. The van der Waals surface area contributed by atoms with E-state index in [1.807, 2.05) is 85.8 Å². The molecule has 36 heavy (non-hydrogen) atoms. The van der Waals surface area contributed by atoms with Crippen molar-refractivity contribution in [3.8, 4) is 11.5 Å². The van der Waals surface area contributed by atoms with Crippen LogP contribution in [-0.2, 0) is 4.79 Å². The summed E-state index contributed by atoms with van der Waals surface area (Å²) in [6, 6.07) is 23.8. The van der Waals surface area contributed by atoms with Gasteiger partial charge in [0.1, 0.15) is 16.2 Å². The molecule has 1 heterocycles. The Morgan fingerprint density at radius 1 is 0.972 bits per heavy atom. The molecule has 8 heteroatoms. The van der Waals surface area contributed by atoms with Crippen LogP contribution in [0.25, 0.3) is 0 Å². The highest BCUT2D eigenvalue weighted by atomic mass is 32.2. The molecule has 0 saturated carbocycles. The molecule has 0 aromatic heterocycles. The summed E-state index contributed by atoms with van der Waals surface area (Å²) in [5.41, 5.74) is 1.76. The quantitative estimate of drug-likeness (QED) is 0.199. The third-order valence-electron chi connectivity index (χ3n) is 6.47. The van der Waals surface area contributed by atoms with E-state index in [-0.39, 0.29) is 5.91 Å². The van der Waals surface area contributed by atoms with Crippen LogP contribution in [0.3, 0.4) is 0 Å².